The number of amides is 2. The molecular formula is C24H33N3O3S. The number of carbonyl (C=O) groups excluding carboxylic acids is 2. The summed E-state index contributed by atoms with van der Waals surface area (Å²) in [5.41, 5.74) is 1.02. The van der Waals surface area contributed by atoms with Gasteiger partial charge in [-0.15, -0.1) is 11.3 Å². The van der Waals surface area contributed by atoms with Crippen molar-refractivity contribution in [1.29, 1.82) is 0 Å². The van der Waals surface area contributed by atoms with Crippen molar-refractivity contribution in [3.8, 4) is 0 Å². The molecule has 0 radical (unpaired) electrons. The lowest BCUT2D eigenvalue weighted by molar-refractivity contribution is -0.132. The molecule has 3 rings (SSSR count). The Bertz CT molecular complexity index is 818. The van der Waals surface area contributed by atoms with Gasteiger partial charge in [-0.05, 0) is 55.8 Å². The quantitative estimate of drug-likeness (QED) is 0.625. The van der Waals surface area contributed by atoms with E-state index in [1.807, 2.05) is 55.7 Å². The first kappa shape index (κ1) is 23.4. The fourth-order valence-corrected chi connectivity index (χ4v) is 4.78. The first-order valence-electron chi connectivity index (χ1n) is 11.0. The highest BCUT2D eigenvalue weighted by molar-refractivity contribution is 7.12. The van der Waals surface area contributed by atoms with Gasteiger partial charge in [-0.3, -0.25) is 9.59 Å². The molecule has 2 heterocycles. The first-order valence-corrected chi connectivity index (χ1v) is 11.8. The number of thiophene rings is 1. The second-order valence-corrected chi connectivity index (χ2v) is 9.45. The van der Waals surface area contributed by atoms with E-state index in [4.69, 9.17) is 0 Å². The van der Waals surface area contributed by atoms with Crippen molar-refractivity contribution in [3.63, 3.8) is 0 Å². The van der Waals surface area contributed by atoms with Crippen LogP contribution in [-0.4, -0.2) is 72.1 Å². The third kappa shape index (κ3) is 7.16. The number of likely N-dealkylation sites (tertiary alicyclic amines) is 1. The van der Waals surface area contributed by atoms with Crippen LogP contribution in [-0.2, 0) is 11.2 Å². The van der Waals surface area contributed by atoms with Crippen molar-refractivity contribution in [2.45, 2.75) is 38.3 Å². The van der Waals surface area contributed by atoms with Crippen LogP contribution in [0.15, 0.2) is 47.8 Å². The van der Waals surface area contributed by atoms with E-state index in [0.29, 0.717) is 30.3 Å². The standard InChI is InChI=1S/C24H33N3O3S/c1-18(28)16-27-12-10-20(11-13-27)17-26(2)24(30)21(15-19-7-4-3-5-8-19)25-23(29)22-9-6-14-31-22/h3-9,14,18,20-21,28H,10-13,15-17H2,1-2H3,(H,25,29)/t18-,21+/m0/s1. The van der Waals surface area contributed by atoms with Gasteiger partial charge in [0.2, 0.25) is 5.91 Å². The van der Waals surface area contributed by atoms with Crippen molar-refractivity contribution in [1.82, 2.24) is 15.1 Å². The Balaban J connectivity index is 1.61. The molecule has 0 unspecified atom stereocenters. The Morgan fingerprint density at radius 2 is 1.90 bits per heavy atom. The highest BCUT2D eigenvalue weighted by atomic mass is 32.1. The third-order valence-electron chi connectivity index (χ3n) is 5.77. The minimum absolute atomic E-state index is 0.0554. The minimum Gasteiger partial charge on any atom is -0.392 e. The molecule has 2 atom stereocenters. The molecule has 1 aromatic heterocycles. The van der Waals surface area contributed by atoms with Gasteiger partial charge in [0, 0.05) is 26.6 Å². The Morgan fingerprint density at radius 3 is 2.52 bits per heavy atom. The number of carbonyl (C=O) groups is 2. The summed E-state index contributed by atoms with van der Waals surface area (Å²) in [6.07, 6.45) is 2.17. The SMILES string of the molecule is C[C@H](O)CN1CCC(CN(C)C(=O)[C@@H](Cc2ccccc2)NC(=O)c2cccs2)CC1. The third-order valence-corrected chi connectivity index (χ3v) is 6.64. The molecule has 0 saturated carbocycles. The first-order chi connectivity index (χ1) is 14.9. The van der Waals surface area contributed by atoms with Gasteiger partial charge in [0.15, 0.2) is 0 Å². The zero-order valence-corrected chi connectivity index (χ0v) is 19.2. The summed E-state index contributed by atoms with van der Waals surface area (Å²) >= 11 is 1.37. The minimum atomic E-state index is -0.600. The van der Waals surface area contributed by atoms with Crippen LogP contribution in [0.25, 0.3) is 0 Å². The monoisotopic (exact) mass is 443 g/mol. The summed E-state index contributed by atoms with van der Waals surface area (Å²) in [6, 6.07) is 12.8. The van der Waals surface area contributed by atoms with E-state index < -0.39 is 6.04 Å². The van der Waals surface area contributed by atoms with E-state index >= 15 is 0 Å². The number of aliphatic hydroxyl groups is 1. The largest absolute Gasteiger partial charge is 0.392 e. The van der Waals surface area contributed by atoms with Crippen LogP contribution in [0.2, 0.25) is 0 Å². The van der Waals surface area contributed by atoms with E-state index in [9.17, 15) is 14.7 Å². The van der Waals surface area contributed by atoms with Crippen LogP contribution in [0.1, 0.15) is 35.0 Å². The molecule has 1 aliphatic rings. The summed E-state index contributed by atoms with van der Waals surface area (Å²) in [4.78, 5) is 30.6. The van der Waals surface area contributed by atoms with E-state index in [0.717, 1.165) is 31.5 Å². The van der Waals surface area contributed by atoms with Crippen LogP contribution >= 0.6 is 11.3 Å². The lowest BCUT2D eigenvalue weighted by atomic mass is 9.95. The molecule has 1 aromatic carbocycles. The number of nitrogens with zero attached hydrogens (tertiary/aromatic N) is 2. The van der Waals surface area contributed by atoms with E-state index in [2.05, 4.69) is 10.2 Å². The van der Waals surface area contributed by atoms with Crippen LogP contribution in [0.5, 0.6) is 0 Å². The summed E-state index contributed by atoms with van der Waals surface area (Å²) in [6.45, 7) is 5.09. The second kappa shape index (κ2) is 11.4. The molecule has 2 N–H and O–H groups in total. The van der Waals surface area contributed by atoms with Crippen molar-refractivity contribution >= 4 is 23.2 Å². The number of hydrogen-bond donors (Lipinski definition) is 2. The smallest absolute Gasteiger partial charge is 0.262 e. The Labute approximate surface area is 188 Å². The van der Waals surface area contributed by atoms with Crippen LogP contribution in [0, 0.1) is 5.92 Å². The second-order valence-electron chi connectivity index (χ2n) is 8.50. The van der Waals surface area contributed by atoms with E-state index in [1.54, 1.807) is 11.0 Å². The fourth-order valence-electron chi connectivity index (χ4n) is 4.16. The highest BCUT2D eigenvalue weighted by Gasteiger charge is 2.28. The molecule has 2 aromatic rings. The van der Waals surface area contributed by atoms with Crippen molar-refractivity contribution < 1.29 is 14.7 Å². The van der Waals surface area contributed by atoms with Crippen molar-refractivity contribution in [3.05, 3.63) is 58.3 Å². The number of nitrogens with one attached hydrogen (secondary N) is 1. The summed E-state index contributed by atoms with van der Waals surface area (Å²) in [5.74, 6) is 0.175. The average Bonchev–Trinajstić information content (AvgIpc) is 3.29. The molecule has 31 heavy (non-hydrogen) atoms. The van der Waals surface area contributed by atoms with Gasteiger partial charge in [-0.2, -0.15) is 0 Å². The fraction of sp³-hybridized carbons (Fsp3) is 0.500. The summed E-state index contributed by atoms with van der Waals surface area (Å²) < 4.78 is 0. The van der Waals surface area contributed by atoms with E-state index in [1.165, 1.54) is 11.3 Å². The van der Waals surface area contributed by atoms with Gasteiger partial charge in [0.1, 0.15) is 6.04 Å². The lowest BCUT2D eigenvalue weighted by Crippen LogP contribution is -2.50. The van der Waals surface area contributed by atoms with Crippen LogP contribution in [0.3, 0.4) is 0 Å². The predicted molar refractivity (Wildman–Crippen MR) is 124 cm³/mol. The Kier molecular flexibility index (Phi) is 8.63. The normalized spacial score (nSPS) is 17.1. The van der Waals surface area contributed by atoms with Crippen molar-refractivity contribution in [2.24, 2.45) is 5.92 Å². The van der Waals surface area contributed by atoms with Gasteiger partial charge in [0.05, 0.1) is 11.0 Å². The Morgan fingerprint density at radius 1 is 1.19 bits per heavy atom. The number of benzene rings is 1. The number of rotatable bonds is 9. The summed E-state index contributed by atoms with van der Waals surface area (Å²) in [7, 11) is 1.83. The molecule has 1 saturated heterocycles. The number of piperidine rings is 1. The van der Waals surface area contributed by atoms with Crippen molar-refractivity contribution in [2.75, 3.05) is 33.2 Å². The predicted octanol–water partition coefficient (Wildman–Crippen LogP) is 2.64. The van der Waals surface area contributed by atoms with Gasteiger partial charge in [-0.1, -0.05) is 36.4 Å². The number of aliphatic hydroxyl groups excluding tert-OH is 1. The number of β-amino-alcohol motifs (C(OH)–C–C–N with tert-alkyl or cyclic N) is 1. The highest BCUT2D eigenvalue weighted by Crippen LogP contribution is 2.19. The van der Waals surface area contributed by atoms with Gasteiger partial charge in [-0.25, -0.2) is 0 Å². The average molecular weight is 444 g/mol. The maximum atomic E-state index is 13.3. The molecule has 6 nitrogen and oxygen atoms in total. The van der Waals surface area contributed by atoms with E-state index in [-0.39, 0.29) is 17.9 Å². The van der Waals surface area contributed by atoms with Crippen LogP contribution < -0.4 is 5.32 Å². The van der Waals surface area contributed by atoms with Gasteiger partial charge >= 0.3 is 0 Å². The topological polar surface area (TPSA) is 72.9 Å². The maximum absolute atomic E-state index is 13.3. The number of likely N-dealkylation sites (N-methyl/N-ethyl adjacent to an activating group) is 1. The molecule has 7 heteroatoms. The zero-order valence-electron chi connectivity index (χ0n) is 18.4. The molecular weight excluding hydrogens is 410 g/mol. The zero-order chi connectivity index (χ0) is 22.2. The van der Waals surface area contributed by atoms with Gasteiger partial charge < -0.3 is 20.2 Å². The lowest BCUT2D eigenvalue weighted by Gasteiger charge is -2.35. The Hall–Kier alpha value is -2.22. The summed E-state index contributed by atoms with van der Waals surface area (Å²) in [5, 5.41) is 14.4. The molecule has 0 bridgehead atoms. The maximum Gasteiger partial charge on any atom is 0.262 e. The molecule has 1 aliphatic heterocycles. The molecule has 0 aliphatic carbocycles. The van der Waals surface area contributed by atoms with Crippen LogP contribution in [0.4, 0.5) is 0 Å². The van der Waals surface area contributed by atoms with Gasteiger partial charge in [0.25, 0.3) is 5.91 Å². The number of hydrogen-bond acceptors (Lipinski definition) is 5. The molecule has 2 amide bonds. The molecule has 1 fully saturated rings. The molecule has 0 spiro atoms. The molecule has 168 valence electrons.